The fourth-order valence-electron chi connectivity index (χ4n) is 2.57. The molecule has 3 rings (SSSR count). The van der Waals surface area contributed by atoms with Crippen LogP contribution >= 0.6 is 0 Å². The van der Waals surface area contributed by atoms with Crippen molar-refractivity contribution in [2.45, 2.75) is 31.3 Å². The van der Waals surface area contributed by atoms with Gasteiger partial charge in [-0.1, -0.05) is 12.1 Å². The van der Waals surface area contributed by atoms with Crippen molar-refractivity contribution in [3.05, 3.63) is 29.3 Å². The van der Waals surface area contributed by atoms with Gasteiger partial charge in [0.25, 0.3) is 0 Å². The first-order chi connectivity index (χ1) is 8.25. The Kier molecular flexibility index (Phi) is 2.81. The van der Waals surface area contributed by atoms with Crippen LogP contribution in [-0.2, 0) is 17.6 Å². The van der Waals surface area contributed by atoms with E-state index in [-0.39, 0.29) is 0 Å². The standard InChI is InChI=1S/C14H18O3/c15-14(6-8-16-10-14)5-3-11-1-2-13-12(9-11)4-7-17-13/h1-2,9,15H,3-8,10H2. The molecule has 0 aliphatic carbocycles. The maximum Gasteiger partial charge on any atom is 0.122 e. The molecule has 0 radical (unpaired) electrons. The van der Waals surface area contributed by atoms with E-state index in [2.05, 4.69) is 12.1 Å². The molecule has 1 aromatic rings. The van der Waals surface area contributed by atoms with Crippen LogP contribution in [0.25, 0.3) is 0 Å². The van der Waals surface area contributed by atoms with E-state index in [1.165, 1.54) is 11.1 Å². The number of ether oxygens (including phenoxy) is 2. The molecular weight excluding hydrogens is 216 g/mol. The van der Waals surface area contributed by atoms with E-state index in [9.17, 15) is 5.11 Å². The van der Waals surface area contributed by atoms with E-state index >= 15 is 0 Å². The average Bonchev–Trinajstić information content (AvgIpc) is 2.95. The van der Waals surface area contributed by atoms with Crippen molar-refractivity contribution in [1.29, 1.82) is 0 Å². The summed E-state index contributed by atoms with van der Waals surface area (Å²) in [5.74, 6) is 1.02. The van der Waals surface area contributed by atoms with Gasteiger partial charge in [-0.25, -0.2) is 0 Å². The molecule has 0 aromatic heterocycles. The number of hydrogen-bond donors (Lipinski definition) is 1. The van der Waals surface area contributed by atoms with E-state index in [0.29, 0.717) is 13.2 Å². The Morgan fingerprint density at radius 1 is 1.29 bits per heavy atom. The first-order valence-electron chi connectivity index (χ1n) is 6.30. The van der Waals surface area contributed by atoms with Gasteiger partial charge in [-0.3, -0.25) is 0 Å². The molecule has 92 valence electrons. The highest BCUT2D eigenvalue weighted by Gasteiger charge is 2.31. The summed E-state index contributed by atoms with van der Waals surface area (Å²) in [5.41, 5.74) is 1.99. The summed E-state index contributed by atoms with van der Waals surface area (Å²) in [7, 11) is 0. The van der Waals surface area contributed by atoms with Crippen LogP contribution in [0.3, 0.4) is 0 Å². The zero-order valence-corrected chi connectivity index (χ0v) is 9.95. The predicted molar refractivity (Wildman–Crippen MR) is 64.3 cm³/mol. The Bertz CT molecular complexity index is 408. The van der Waals surface area contributed by atoms with Crippen molar-refractivity contribution < 1.29 is 14.6 Å². The summed E-state index contributed by atoms with van der Waals surface area (Å²) in [4.78, 5) is 0. The molecule has 1 fully saturated rings. The van der Waals surface area contributed by atoms with E-state index in [1.807, 2.05) is 6.07 Å². The van der Waals surface area contributed by atoms with Gasteiger partial charge < -0.3 is 14.6 Å². The number of hydrogen-bond acceptors (Lipinski definition) is 3. The summed E-state index contributed by atoms with van der Waals surface area (Å²) in [6.07, 6.45) is 3.47. The van der Waals surface area contributed by atoms with Crippen molar-refractivity contribution >= 4 is 0 Å². The van der Waals surface area contributed by atoms with E-state index in [4.69, 9.17) is 9.47 Å². The largest absolute Gasteiger partial charge is 0.493 e. The van der Waals surface area contributed by atoms with Crippen molar-refractivity contribution in [3.8, 4) is 5.75 Å². The third kappa shape index (κ3) is 2.31. The molecule has 1 aromatic carbocycles. The Morgan fingerprint density at radius 3 is 3.06 bits per heavy atom. The van der Waals surface area contributed by atoms with Crippen LogP contribution in [0.1, 0.15) is 24.0 Å². The fraction of sp³-hybridized carbons (Fsp3) is 0.571. The summed E-state index contributed by atoms with van der Waals surface area (Å²) >= 11 is 0. The second-order valence-corrected chi connectivity index (χ2v) is 5.07. The van der Waals surface area contributed by atoms with Crippen molar-refractivity contribution in [2.24, 2.45) is 0 Å². The highest BCUT2D eigenvalue weighted by atomic mass is 16.5. The van der Waals surface area contributed by atoms with Crippen molar-refractivity contribution in [1.82, 2.24) is 0 Å². The fourth-order valence-corrected chi connectivity index (χ4v) is 2.57. The molecule has 0 saturated carbocycles. The lowest BCUT2D eigenvalue weighted by molar-refractivity contribution is 0.0195. The number of fused-ring (bicyclic) bond motifs is 1. The van der Waals surface area contributed by atoms with Gasteiger partial charge in [0.15, 0.2) is 0 Å². The third-order valence-electron chi connectivity index (χ3n) is 3.72. The molecule has 3 heteroatoms. The molecule has 0 bridgehead atoms. The molecule has 17 heavy (non-hydrogen) atoms. The topological polar surface area (TPSA) is 38.7 Å². The van der Waals surface area contributed by atoms with Crippen LogP contribution in [0.2, 0.25) is 0 Å². The lowest BCUT2D eigenvalue weighted by Gasteiger charge is -2.20. The van der Waals surface area contributed by atoms with Gasteiger partial charge in [0.2, 0.25) is 0 Å². The Hall–Kier alpha value is -1.06. The minimum Gasteiger partial charge on any atom is -0.493 e. The van der Waals surface area contributed by atoms with Gasteiger partial charge >= 0.3 is 0 Å². The molecule has 3 nitrogen and oxygen atoms in total. The van der Waals surface area contributed by atoms with Crippen LogP contribution in [-0.4, -0.2) is 30.5 Å². The zero-order chi connectivity index (χ0) is 11.7. The summed E-state index contributed by atoms with van der Waals surface area (Å²) in [6, 6.07) is 6.36. The van der Waals surface area contributed by atoms with Crippen LogP contribution in [0.5, 0.6) is 5.75 Å². The lowest BCUT2D eigenvalue weighted by Crippen LogP contribution is -2.29. The Morgan fingerprint density at radius 2 is 2.24 bits per heavy atom. The highest BCUT2D eigenvalue weighted by molar-refractivity contribution is 5.39. The number of benzene rings is 1. The Labute approximate surface area is 101 Å². The minimum absolute atomic E-state index is 0.487. The van der Waals surface area contributed by atoms with Crippen LogP contribution in [0.4, 0.5) is 0 Å². The lowest BCUT2D eigenvalue weighted by atomic mass is 9.93. The van der Waals surface area contributed by atoms with Gasteiger partial charge in [0.1, 0.15) is 5.75 Å². The third-order valence-corrected chi connectivity index (χ3v) is 3.72. The first kappa shape index (κ1) is 11.1. The second kappa shape index (κ2) is 4.31. The molecular formula is C14H18O3. The van der Waals surface area contributed by atoms with E-state index in [1.54, 1.807) is 0 Å². The van der Waals surface area contributed by atoms with Crippen molar-refractivity contribution in [2.75, 3.05) is 19.8 Å². The summed E-state index contributed by atoms with van der Waals surface area (Å²) < 4.78 is 10.7. The van der Waals surface area contributed by atoms with E-state index < -0.39 is 5.60 Å². The minimum atomic E-state index is -0.602. The first-order valence-corrected chi connectivity index (χ1v) is 6.30. The molecule has 1 N–H and O–H groups in total. The normalized spacial score (nSPS) is 26.9. The van der Waals surface area contributed by atoms with Crippen molar-refractivity contribution in [3.63, 3.8) is 0 Å². The maximum absolute atomic E-state index is 10.2. The van der Waals surface area contributed by atoms with Crippen LogP contribution < -0.4 is 4.74 Å². The van der Waals surface area contributed by atoms with Crippen LogP contribution in [0.15, 0.2) is 18.2 Å². The van der Waals surface area contributed by atoms with Gasteiger partial charge in [-0.2, -0.15) is 0 Å². The molecule has 2 aliphatic rings. The molecule has 1 atom stereocenters. The number of rotatable bonds is 3. The van der Waals surface area contributed by atoms with Crippen LogP contribution in [0, 0.1) is 0 Å². The molecule has 1 unspecified atom stereocenters. The quantitative estimate of drug-likeness (QED) is 0.865. The zero-order valence-electron chi connectivity index (χ0n) is 9.95. The van der Waals surface area contributed by atoms with Gasteiger partial charge in [0.05, 0.1) is 18.8 Å². The number of aryl methyl sites for hydroxylation is 1. The van der Waals surface area contributed by atoms with Gasteiger partial charge in [-0.15, -0.1) is 0 Å². The molecule has 2 aliphatic heterocycles. The summed E-state index contributed by atoms with van der Waals surface area (Å²) in [6.45, 7) is 1.98. The van der Waals surface area contributed by atoms with Gasteiger partial charge in [-0.05, 0) is 30.0 Å². The SMILES string of the molecule is OC1(CCc2ccc3c(c2)CCO3)CCOC1. The van der Waals surface area contributed by atoms with E-state index in [0.717, 1.165) is 38.0 Å². The summed E-state index contributed by atoms with van der Waals surface area (Å²) in [5, 5.41) is 10.2. The molecule has 0 spiro atoms. The van der Waals surface area contributed by atoms with Gasteiger partial charge in [0, 0.05) is 19.4 Å². The number of aliphatic hydroxyl groups is 1. The maximum atomic E-state index is 10.2. The molecule has 0 amide bonds. The molecule has 1 saturated heterocycles. The second-order valence-electron chi connectivity index (χ2n) is 5.07. The Balaban J connectivity index is 1.65. The smallest absolute Gasteiger partial charge is 0.122 e. The monoisotopic (exact) mass is 234 g/mol. The molecule has 2 heterocycles. The average molecular weight is 234 g/mol. The highest BCUT2D eigenvalue weighted by Crippen LogP contribution is 2.28. The predicted octanol–water partition coefficient (Wildman–Crippen LogP) is 1.71.